The molecule has 0 aromatic heterocycles. The molecule has 0 amide bonds. The van der Waals surface area contributed by atoms with Crippen LogP contribution < -0.4 is 4.74 Å². The van der Waals surface area contributed by atoms with E-state index in [2.05, 4.69) is 0 Å². The van der Waals surface area contributed by atoms with E-state index in [4.69, 9.17) is 9.84 Å². The third-order valence-corrected chi connectivity index (χ3v) is 3.25. The number of carboxylic acids is 1. The first-order chi connectivity index (χ1) is 9.43. The Kier molecular flexibility index (Phi) is 3.74. The second kappa shape index (κ2) is 5.33. The van der Waals surface area contributed by atoms with Crippen molar-refractivity contribution in [2.45, 2.75) is 13.8 Å². The predicted molar refractivity (Wildman–Crippen MR) is 74.8 cm³/mol. The van der Waals surface area contributed by atoms with Crippen LogP contribution in [0, 0.1) is 19.7 Å². The Balaban J connectivity index is 2.57. The van der Waals surface area contributed by atoms with E-state index in [9.17, 15) is 9.18 Å². The Hall–Kier alpha value is -2.36. The molecule has 0 saturated heterocycles. The van der Waals surface area contributed by atoms with Crippen LogP contribution in [-0.4, -0.2) is 18.2 Å². The molecule has 0 radical (unpaired) electrons. The summed E-state index contributed by atoms with van der Waals surface area (Å²) >= 11 is 0. The number of rotatable bonds is 3. The Labute approximate surface area is 116 Å². The molecule has 0 bridgehead atoms. The van der Waals surface area contributed by atoms with Crippen molar-refractivity contribution in [3.8, 4) is 16.9 Å². The number of ether oxygens (including phenoxy) is 1. The van der Waals surface area contributed by atoms with E-state index in [1.165, 1.54) is 12.1 Å². The zero-order chi connectivity index (χ0) is 14.9. The number of hydrogen-bond donors (Lipinski definition) is 1. The molecular weight excluding hydrogens is 259 g/mol. The van der Waals surface area contributed by atoms with Gasteiger partial charge in [-0.3, -0.25) is 0 Å². The van der Waals surface area contributed by atoms with Gasteiger partial charge in [0.25, 0.3) is 0 Å². The molecule has 0 spiro atoms. The van der Waals surface area contributed by atoms with Gasteiger partial charge in [-0.2, -0.15) is 0 Å². The molecule has 0 aliphatic carbocycles. The largest absolute Gasteiger partial charge is 0.496 e. The van der Waals surface area contributed by atoms with Crippen LogP contribution in [0.1, 0.15) is 21.5 Å². The average molecular weight is 274 g/mol. The van der Waals surface area contributed by atoms with Gasteiger partial charge in [-0.15, -0.1) is 0 Å². The van der Waals surface area contributed by atoms with E-state index in [1.807, 2.05) is 26.0 Å². The van der Waals surface area contributed by atoms with Crippen LogP contribution in [0.2, 0.25) is 0 Å². The molecular formula is C16H15FO3. The molecule has 0 fully saturated rings. The molecule has 2 rings (SSSR count). The molecule has 0 heterocycles. The number of carbonyl (C=O) groups is 1. The lowest BCUT2D eigenvalue weighted by molar-refractivity contribution is 0.0696. The van der Waals surface area contributed by atoms with E-state index in [0.29, 0.717) is 5.56 Å². The number of carboxylic acid groups (broad SMARTS) is 1. The van der Waals surface area contributed by atoms with Gasteiger partial charge in [-0.05, 0) is 54.8 Å². The summed E-state index contributed by atoms with van der Waals surface area (Å²) in [5.74, 6) is -0.940. The van der Waals surface area contributed by atoms with Gasteiger partial charge in [0.1, 0.15) is 11.6 Å². The summed E-state index contributed by atoms with van der Waals surface area (Å²) < 4.78 is 19.3. The number of benzene rings is 2. The van der Waals surface area contributed by atoms with Gasteiger partial charge in [0.15, 0.2) is 0 Å². The van der Waals surface area contributed by atoms with Gasteiger partial charge in [-0.25, -0.2) is 9.18 Å². The van der Waals surface area contributed by atoms with Crippen LogP contribution in [0.3, 0.4) is 0 Å². The summed E-state index contributed by atoms with van der Waals surface area (Å²) in [7, 11) is 1.59. The molecule has 104 valence electrons. The van der Waals surface area contributed by atoms with Gasteiger partial charge < -0.3 is 9.84 Å². The third-order valence-electron chi connectivity index (χ3n) is 3.25. The summed E-state index contributed by atoms with van der Waals surface area (Å²) in [5.41, 5.74) is 2.83. The van der Waals surface area contributed by atoms with Gasteiger partial charge in [0.2, 0.25) is 0 Å². The molecule has 0 atom stereocenters. The quantitative estimate of drug-likeness (QED) is 0.925. The number of hydrogen-bond acceptors (Lipinski definition) is 2. The summed E-state index contributed by atoms with van der Waals surface area (Å²) in [6.45, 7) is 3.74. The van der Waals surface area contributed by atoms with Crippen LogP contribution in [0.5, 0.6) is 5.75 Å². The minimum atomic E-state index is -1.14. The standard InChI is InChI=1S/C16H15FO3/c1-9-7-15(20-3)10(2)6-13(9)12-5-4-11(16(18)19)8-14(12)17/h4-8H,1-3H3,(H,18,19). The van der Waals surface area contributed by atoms with E-state index in [1.54, 1.807) is 7.11 Å². The van der Waals surface area contributed by atoms with Gasteiger partial charge in [0.05, 0.1) is 12.7 Å². The molecule has 20 heavy (non-hydrogen) atoms. The first-order valence-corrected chi connectivity index (χ1v) is 6.12. The maximum absolute atomic E-state index is 14.1. The van der Waals surface area contributed by atoms with E-state index >= 15 is 0 Å². The Morgan fingerprint density at radius 1 is 1.10 bits per heavy atom. The highest BCUT2D eigenvalue weighted by atomic mass is 19.1. The zero-order valence-corrected chi connectivity index (χ0v) is 11.5. The van der Waals surface area contributed by atoms with Crippen molar-refractivity contribution in [3.05, 3.63) is 52.8 Å². The monoisotopic (exact) mass is 274 g/mol. The highest BCUT2D eigenvalue weighted by molar-refractivity contribution is 5.88. The lowest BCUT2D eigenvalue weighted by Crippen LogP contribution is -1.98. The number of methoxy groups -OCH3 is 1. The van der Waals surface area contributed by atoms with Crippen molar-refractivity contribution >= 4 is 5.97 Å². The normalized spacial score (nSPS) is 10.4. The van der Waals surface area contributed by atoms with Crippen molar-refractivity contribution in [1.82, 2.24) is 0 Å². The van der Waals surface area contributed by atoms with Gasteiger partial charge in [0, 0.05) is 5.56 Å². The molecule has 0 aliphatic rings. The second-order valence-electron chi connectivity index (χ2n) is 4.64. The fourth-order valence-corrected chi connectivity index (χ4v) is 2.17. The maximum atomic E-state index is 14.1. The summed E-state index contributed by atoms with van der Waals surface area (Å²) in [5, 5.41) is 8.85. The van der Waals surface area contributed by atoms with Crippen LogP contribution in [-0.2, 0) is 0 Å². The summed E-state index contributed by atoms with van der Waals surface area (Å²) in [6.07, 6.45) is 0. The minimum absolute atomic E-state index is 0.0610. The molecule has 0 saturated carbocycles. The van der Waals surface area contributed by atoms with E-state index in [0.717, 1.165) is 28.5 Å². The number of halogens is 1. The van der Waals surface area contributed by atoms with E-state index < -0.39 is 11.8 Å². The highest BCUT2D eigenvalue weighted by Gasteiger charge is 2.13. The first kappa shape index (κ1) is 14.1. The SMILES string of the molecule is COc1cc(C)c(-c2ccc(C(=O)O)cc2F)cc1C. The molecule has 3 nitrogen and oxygen atoms in total. The fourth-order valence-electron chi connectivity index (χ4n) is 2.17. The molecule has 2 aromatic carbocycles. The Bertz CT molecular complexity index is 678. The average Bonchev–Trinajstić information content (AvgIpc) is 2.41. The molecule has 4 heteroatoms. The van der Waals surface area contributed by atoms with Crippen LogP contribution >= 0.6 is 0 Å². The topological polar surface area (TPSA) is 46.5 Å². The second-order valence-corrected chi connectivity index (χ2v) is 4.64. The predicted octanol–water partition coefficient (Wildman–Crippen LogP) is 3.82. The molecule has 2 aromatic rings. The van der Waals surface area contributed by atoms with Crippen molar-refractivity contribution in [1.29, 1.82) is 0 Å². The lowest BCUT2D eigenvalue weighted by atomic mass is 9.96. The summed E-state index contributed by atoms with van der Waals surface area (Å²) in [4.78, 5) is 10.8. The fraction of sp³-hybridized carbons (Fsp3) is 0.188. The highest BCUT2D eigenvalue weighted by Crippen LogP contribution is 2.31. The smallest absolute Gasteiger partial charge is 0.335 e. The van der Waals surface area contributed by atoms with Crippen molar-refractivity contribution in [3.63, 3.8) is 0 Å². The molecule has 1 N–H and O–H groups in total. The number of aromatic carboxylic acids is 1. The minimum Gasteiger partial charge on any atom is -0.496 e. The number of aryl methyl sites for hydroxylation is 2. The van der Waals surface area contributed by atoms with E-state index in [-0.39, 0.29) is 5.56 Å². The van der Waals surface area contributed by atoms with Crippen LogP contribution in [0.15, 0.2) is 30.3 Å². The van der Waals surface area contributed by atoms with Crippen LogP contribution in [0.25, 0.3) is 11.1 Å². The van der Waals surface area contributed by atoms with Gasteiger partial charge in [-0.1, -0.05) is 6.07 Å². The van der Waals surface area contributed by atoms with Crippen LogP contribution in [0.4, 0.5) is 4.39 Å². The third kappa shape index (κ3) is 2.50. The Morgan fingerprint density at radius 2 is 1.80 bits per heavy atom. The molecule has 0 aliphatic heterocycles. The lowest BCUT2D eigenvalue weighted by Gasteiger charge is -2.12. The van der Waals surface area contributed by atoms with Crippen molar-refractivity contribution in [2.75, 3.05) is 7.11 Å². The van der Waals surface area contributed by atoms with Crippen molar-refractivity contribution < 1.29 is 19.0 Å². The summed E-state index contributed by atoms with van der Waals surface area (Å²) in [6, 6.07) is 7.62. The maximum Gasteiger partial charge on any atom is 0.335 e. The zero-order valence-electron chi connectivity index (χ0n) is 11.5. The first-order valence-electron chi connectivity index (χ1n) is 6.12. The molecule has 0 unspecified atom stereocenters. The Morgan fingerprint density at radius 3 is 2.35 bits per heavy atom. The van der Waals surface area contributed by atoms with Crippen molar-refractivity contribution in [2.24, 2.45) is 0 Å². The van der Waals surface area contributed by atoms with Gasteiger partial charge >= 0.3 is 5.97 Å².